The standard InChI is InChI=1S/C13H18N4/c1-4-12-9(2)16-17(10(12)3)8-11-6-5-7-13(14)15-11/h5-7H,4,8H2,1-3H3,(H2,14,15). The van der Waals surface area contributed by atoms with Gasteiger partial charge in [-0.15, -0.1) is 0 Å². The molecule has 2 heterocycles. The summed E-state index contributed by atoms with van der Waals surface area (Å²) in [5.74, 6) is 0.555. The van der Waals surface area contributed by atoms with Gasteiger partial charge in [-0.1, -0.05) is 13.0 Å². The molecular formula is C13H18N4. The molecule has 17 heavy (non-hydrogen) atoms. The molecule has 0 saturated carbocycles. The summed E-state index contributed by atoms with van der Waals surface area (Å²) >= 11 is 0. The molecule has 2 aromatic heterocycles. The van der Waals surface area contributed by atoms with E-state index in [-0.39, 0.29) is 0 Å². The summed E-state index contributed by atoms with van der Waals surface area (Å²) in [5, 5.41) is 4.54. The summed E-state index contributed by atoms with van der Waals surface area (Å²) in [6.45, 7) is 6.98. The summed E-state index contributed by atoms with van der Waals surface area (Å²) < 4.78 is 2.00. The van der Waals surface area contributed by atoms with Gasteiger partial charge in [0.05, 0.1) is 17.9 Å². The van der Waals surface area contributed by atoms with Crippen LogP contribution < -0.4 is 5.73 Å². The van der Waals surface area contributed by atoms with Gasteiger partial charge < -0.3 is 5.73 Å². The highest BCUT2D eigenvalue weighted by molar-refractivity contribution is 5.29. The third kappa shape index (κ3) is 2.30. The fraction of sp³-hybridized carbons (Fsp3) is 0.385. The van der Waals surface area contributed by atoms with Crippen molar-refractivity contribution in [1.29, 1.82) is 0 Å². The zero-order valence-electron chi connectivity index (χ0n) is 10.6. The number of hydrogen-bond donors (Lipinski definition) is 1. The highest BCUT2D eigenvalue weighted by Gasteiger charge is 2.10. The van der Waals surface area contributed by atoms with E-state index in [1.54, 1.807) is 6.07 Å². The Balaban J connectivity index is 2.30. The Hall–Kier alpha value is -1.84. The quantitative estimate of drug-likeness (QED) is 0.878. The van der Waals surface area contributed by atoms with E-state index in [2.05, 4.69) is 30.9 Å². The first kappa shape index (κ1) is 11.6. The first-order valence-electron chi connectivity index (χ1n) is 5.86. The zero-order valence-corrected chi connectivity index (χ0v) is 10.6. The van der Waals surface area contributed by atoms with Gasteiger partial charge in [0, 0.05) is 5.69 Å². The summed E-state index contributed by atoms with van der Waals surface area (Å²) in [5.41, 5.74) is 10.3. The maximum atomic E-state index is 5.67. The third-order valence-electron chi connectivity index (χ3n) is 3.02. The van der Waals surface area contributed by atoms with Crippen molar-refractivity contribution in [2.75, 3.05) is 5.73 Å². The normalized spacial score (nSPS) is 10.8. The molecule has 0 spiro atoms. The molecule has 4 heteroatoms. The smallest absolute Gasteiger partial charge is 0.123 e. The van der Waals surface area contributed by atoms with Crippen LogP contribution in [-0.2, 0) is 13.0 Å². The van der Waals surface area contributed by atoms with Crippen LogP contribution in [0.25, 0.3) is 0 Å². The molecule has 4 nitrogen and oxygen atoms in total. The third-order valence-corrected chi connectivity index (χ3v) is 3.02. The summed E-state index contributed by atoms with van der Waals surface area (Å²) in [7, 11) is 0. The van der Waals surface area contributed by atoms with Crippen LogP contribution in [0.1, 0.15) is 29.6 Å². The lowest BCUT2D eigenvalue weighted by molar-refractivity contribution is 0.646. The fourth-order valence-electron chi connectivity index (χ4n) is 2.14. The molecule has 0 aliphatic heterocycles. The van der Waals surface area contributed by atoms with Crippen LogP contribution in [0, 0.1) is 13.8 Å². The summed E-state index contributed by atoms with van der Waals surface area (Å²) in [6.07, 6.45) is 1.02. The Bertz CT molecular complexity index is 528. The Labute approximate surface area is 101 Å². The molecule has 0 fully saturated rings. The second kappa shape index (κ2) is 4.57. The van der Waals surface area contributed by atoms with Gasteiger partial charge in [0.25, 0.3) is 0 Å². The van der Waals surface area contributed by atoms with Crippen molar-refractivity contribution in [1.82, 2.24) is 14.8 Å². The second-order valence-electron chi connectivity index (χ2n) is 4.21. The lowest BCUT2D eigenvalue weighted by Crippen LogP contribution is -2.06. The van der Waals surface area contributed by atoms with Gasteiger partial charge in [-0.05, 0) is 38.0 Å². The van der Waals surface area contributed by atoms with Crippen LogP contribution in [0.3, 0.4) is 0 Å². The van der Waals surface area contributed by atoms with E-state index in [0.29, 0.717) is 12.4 Å². The van der Waals surface area contributed by atoms with Crippen molar-refractivity contribution in [3.05, 3.63) is 40.8 Å². The maximum Gasteiger partial charge on any atom is 0.123 e. The van der Waals surface area contributed by atoms with Gasteiger partial charge in [0.15, 0.2) is 0 Å². The number of rotatable bonds is 3. The molecule has 0 atom stereocenters. The number of aromatic nitrogens is 3. The van der Waals surface area contributed by atoms with Crippen molar-refractivity contribution in [3.8, 4) is 0 Å². The van der Waals surface area contributed by atoms with E-state index < -0.39 is 0 Å². The highest BCUT2D eigenvalue weighted by Crippen LogP contribution is 2.14. The van der Waals surface area contributed by atoms with Gasteiger partial charge in [-0.3, -0.25) is 4.68 Å². The van der Waals surface area contributed by atoms with Crippen LogP contribution >= 0.6 is 0 Å². The second-order valence-corrected chi connectivity index (χ2v) is 4.21. The lowest BCUT2D eigenvalue weighted by Gasteiger charge is -2.05. The van der Waals surface area contributed by atoms with Crippen LogP contribution in [0.15, 0.2) is 18.2 Å². The largest absolute Gasteiger partial charge is 0.384 e. The van der Waals surface area contributed by atoms with Gasteiger partial charge in [-0.2, -0.15) is 5.10 Å². The number of nitrogens with zero attached hydrogens (tertiary/aromatic N) is 3. The zero-order chi connectivity index (χ0) is 12.4. The van der Waals surface area contributed by atoms with Crippen LogP contribution in [0.2, 0.25) is 0 Å². The predicted molar refractivity (Wildman–Crippen MR) is 68.8 cm³/mol. The van der Waals surface area contributed by atoms with Gasteiger partial charge in [-0.25, -0.2) is 4.98 Å². The van der Waals surface area contributed by atoms with Gasteiger partial charge in [0.1, 0.15) is 5.82 Å². The molecule has 2 rings (SSSR count). The van der Waals surface area contributed by atoms with Crippen LogP contribution in [-0.4, -0.2) is 14.8 Å². The average Bonchev–Trinajstić information content (AvgIpc) is 2.54. The Morgan fingerprint density at radius 2 is 2.06 bits per heavy atom. The van der Waals surface area contributed by atoms with Crippen molar-refractivity contribution < 1.29 is 0 Å². The van der Waals surface area contributed by atoms with E-state index in [4.69, 9.17) is 5.73 Å². The summed E-state index contributed by atoms with van der Waals surface area (Å²) in [6, 6.07) is 5.69. The monoisotopic (exact) mass is 230 g/mol. The topological polar surface area (TPSA) is 56.7 Å². The number of anilines is 1. The van der Waals surface area contributed by atoms with Crippen molar-refractivity contribution in [2.45, 2.75) is 33.7 Å². The molecule has 0 unspecified atom stereocenters. The summed E-state index contributed by atoms with van der Waals surface area (Å²) in [4.78, 5) is 4.29. The van der Waals surface area contributed by atoms with Crippen LogP contribution in [0.5, 0.6) is 0 Å². The molecule has 2 aromatic rings. The first-order chi connectivity index (χ1) is 8.11. The van der Waals surface area contributed by atoms with E-state index in [9.17, 15) is 0 Å². The SMILES string of the molecule is CCc1c(C)nn(Cc2cccc(N)n2)c1C. The fourth-order valence-corrected chi connectivity index (χ4v) is 2.14. The molecule has 2 N–H and O–H groups in total. The number of aryl methyl sites for hydroxylation is 1. The Kier molecular flexibility index (Phi) is 3.13. The molecule has 0 aliphatic carbocycles. The minimum atomic E-state index is 0.555. The number of hydrogen-bond acceptors (Lipinski definition) is 3. The maximum absolute atomic E-state index is 5.67. The molecule has 0 amide bonds. The van der Waals surface area contributed by atoms with Gasteiger partial charge >= 0.3 is 0 Å². The number of pyridine rings is 1. The van der Waals surface area contributed by atoms with E-state index in [1.165, 1.54) is 11.3 Å². The first-order valence-corrected chi connectivity index (χ1v) is 5.86. The Morgan fingerprint density at radius 1 is 1.29 bits per heavy atom. The van der Waals surface area contributed by atoms with Crippen molar-refractivity contribution in [2.24, 2.45) is 0 Å². The minimum absolute atomic E-state index is 0.555. The highest BCUT2D eigenvalue weighted by atomic mass is 15.3. The molecule has 90 valence electrons. The molecule has 0 aromatic carbocycles. The van der Waals surface area contributed by atoms with Crippen molar-refractivity contribution in [3.63, 3.8) is 0 Å². The van der Waals surface area contributed by atoms with Gasteiger partial charge in [0.2, 0.25) is 0 Å². The average molecular weight is 230 g/mol. The van der Waals surface area contributed by atoms with E-state index in [1.807, 2.05) is 16.8 Å². The molecule has 0 aliphatic rings. The molecule has 0 radical (unpaired) electrons. The Morgan fingerprint density at radius 3 is 2.65 bits per heavy atom. The number of nitrogen functional groups attached to an aromatic ring is 1. The van der Waals surface area contributed by atoms with Crippen LogP contribution in [0.4, 0.5) is 5.82 Å². The molecule has 0 bridgehead atoms. The predicted octanol–water partition coefficient (Wildman–Crippen LogP) is 2.09. The van der Waals surface area contributed by atoms with Crippen molar-refractivity contribution >= 4 is 5.82 Å². The minimum Gasteiger partial charge on any atom is -0.384 e. The van der Waals surface area contributed by atoms with E-state index >= 15 is 0 Å². The number of nitrogens with two attached hydrogens (primary N) is 1. The van der Waals surface area contributed by atoms with E-state index in [0.717, 1.165) is 17.8 Å². The molecule has 0 saturated heterocycles. The lowest BCUT2D eigenvalue weighted by atomic mass is 10.1. The molecular weight excluding hydrogens is 212 g/mol.